The second kappa shape index (κ2) is 3.20. The van der Waals surface area contributed by atoms with E-state index >= 15 is 0 Å². The highest BCUT2D eigenvalue weighted by molar-refractivity contribution is 4.76. The highest BCUT2D eigenvalue weighted by atomic mass is 16.7. The van der Waals surface area contributed by atoms with Gasteiger partial charge in [0.15, 0.2) is 5.79 Å². The van der Waals surface area contributed by atoms with Crippen molar-refractivity contribution in [3.63, 3.8) is 0 Å². The summed E-state index contributed by atoms with van der Waals surface area (Å²) < 4.78 is 11.0. The van der Waals surface area contributed by atoms with Crippen molar-refractivity contribution < 1.29 is 14.1 Å². The Morgan fingerprint density at radius 3 is 2.54 bits per heavy atom. The molecule has 0 aromatic heterocycles. The molecule has 1 unspecified atom stereocenters. The van der Waals surface area contributed by atoms with Crippen molar-refractivity contribution in [2.24, 2.45) is 0 Å². The van der Waals surface area contributed by atoms with Gasteiger partial charge in [-0.15, -0.1) is 0 Å². The molecule has 1 spiro atoms. The Morgan fingerprint density at radius 2 is 1.85 bits per heavy atom. The first-order valence-electron chi connectivity index (χ1n) is 4.95. The van der Waals surface area contributed by atoms with Crippen molar-refractivity contribution in [1.82, 2.24) is 0 Å². The normalized spacial score (nSPS) is 39.2. The van der Waals surface area contributed by atoms with E-state index in [0.717, 1.165) is 19.3 Å². The average Bonchev–Trinajstić information content (AvgIpc) is 2.44. The van der Waals surface area contributed by atoms with Gasteiger partial charge in [-0.25, -0.2) is 0 Å². The van der Waals surface area contributed by atoms with E-state index in [-0.39, 0.29) is 4.65 Å². The van der Waals surface area contributed by atoms with Gasteiger partial charge in [0.1, 0.15) is 0 Å². The lowest BCUT2D eigenvalue weighted by Gasteiger charge is -2.37. The molecule has 13 heavy (non-hydrogen) atoms. The van der Waals surface area contributed by atoms with Crippen LogP contribution in [0, 0.1) is 5.21 Å². The molecule has 0 aliphatic carbocycles. The van der Waals surface area contributed by atoms with Crippen molar-refractivity contribution >= 4 is 0 Å². The van der Waals surface area contributed by atoms with Gasteiger partial charge in [0.25, 0.3) is 0 Å². The van der Waals surface area contributed by atoms with Crippen molar-refractivity contribution in [2.45, 2.75) is 25.0 Å². The van der Waals surface area contributed by atoms with Crippen LogP contribution in [0.4, 0.5) is 0 Å². The Kier molecular flexibility index (Phi) is 2.32. The van der Waals surface area contributed by atoms with Gasteiger partial charge in [0.2, 0.25) is 0 Å². The van der Waals surface area contributed by atoms with E-state index in [9.17, 15) is 5.21 Å². The molecule has 1 atom stereocenters. The van der Waals surface area contributed by atoms with Crippen molar-refractivity contribution in [1.29, 1.82) is 0 Å². The number of hydrogen-bond donors (Lipinski definition) is 0. The second-order valence-corrected chi connectivity index (χ2v) is 4.21. The number of likely N-dealkylation sites (tertiary alicyclic amines) is 1. The average molecular weight is 187 g/mol. The SMILES string of the molecule is C[N+]1([O-])CCCC2(CC1)OCCO2. The molecular weight excluding hydrogens is 170 g/mol. The standard InChI is InChI=1S/C9H17NO3/c1-10(11)5-2-3-9(4-6-10)12-7-8-13-9/h2-8H2,1H3. The fourth-order valence-electron chi connectivity index (χ4n) is 2.11. The molecule has 4 nitrogen and oxygen atoms in total. The quantitative estimate of drug-likeness (QED) is 0.417. The molecule has 2 saturated heterocycles. The maximum absolute atomic E-state index is 11.7. The zero-order valence-electron chi connectivity index (χ0n) is 8.12. The molecule has 0 saturated carbocycles. The number of rotatable bonds is 0. The minimum Gasteiger partial charge on any atom is -0.633 e. The zero-order valence-corrected chi connectivity index (χ0v) is 8.12. The van der Waals surface area contributed by atoms with Crippen molar-refractivity contribution in [3.8, 4) is 0 Å². The van der Waals surface area contributed by atoms with Crippen LogP contribution in [0.2, 0.25) is 0 Å². The number of hydroxylamine groups is 3. The molecular formula is C9H17NO3. The fraction of sp³-hybridized carbons (Fsp3) is 1.00. The minimum atomic E-state index is -0.402. The summed E-state index contributed by atoms with van der Waals surface area (Å²) in [5.74, 6) is -0.402. The molecule has 0 bridgehead atoms. The maximum Gasteiger partial charge on any atom is 0.174 e. The third kappa shape index (κ3) is 2.02. The largest absolute Gasteiger partial charge is 0.633 e. The first-order valence-corrected chi connectivity index (χ1v) is 4.95. The molecule has 76 valence electrons. The van der Waals surface area contributed by atoms with E-state index in [1.807, 2.05) is 0 Å². The lowest BCUT2D eigenvalue weighted by Crippen LogP contribution is -2.40. The molecule has 0 radical (unpaired) electrons. The smallest absolute Gasteiger partial charge is 0.174 e. The van der Waals surface area contributed by atoms with Gasteiger partial charge in [-0.05, 0) is 0 Å². The summed E-state index contributed by atoms with van der Waals surface area (Å²) in [5, 5.41) is 11.7. The van der Waals surface area contributed by atoms with Crippen LogP contribution in [0.25, 0.3) is 0 Å². The van der Waals surface area contributed by atoms with Crippen molar-refractivity contribution in [2.75, 3.05) is 33.4 Å². The predicted octanol–water partition coefficient (Wildman–Crippen LogP) is 0.858. The van der Waals surface area contributed by atoms with Crippen molar-refractivity contribution in [3.05, 3.63) is 5.21 Å². The molecule has 0 N–H and O–H groups in total. The van der Waals surface area contributed by atoms with Gasteiger partial charge >= 0.3 is 0 Å². The number of nitrogens with zero attached hydrogens (tertiary/aromatic N) is 1. The van der Waals surface area contributed by atoms with Crippen LogP contribution < -0.4 is 0 Å². The lowest BCUT2D eigenvalue weighted by molar-refractivity contribution is -0.860. The van der Waals surface area contributed by atoms with Gasteiger partial charge in [-0.3, -0.25) is 0 Å². The first-order chi connectivity index (χ1) is 6.12. The molecule has 2 rings (SSSR count). The fourth-order valence-corrected chi connectivity index (χ4v) is 2.11. The summed E-state index contributed by atoms with van der Waals surface area (Å²) in [5.41, 5.74) is 0. The highest BCUT2D eigenvalue weighted by Crippen LogP contribution is 2.32. The first kappa shape index (κ1) is 9.40. The maximum atomic E-state index is 11.7. The van der Waals surface area contributed by atoms with Crippen LogP contribution in [-0.2, 0) is 9.47 Å². The molecule has 2 heterocycles. The molecule has 2 aliphatic heterocycles. The van der Waals surface area contributed by atoms with Gasteiger partial charge < -0.3 is 19.3 Å². The summed E-state index contributed by atoms with van der Waals surface area (Å²) in [6.45, 7) is 2.67. The summed E-state index contributed by atoms with van der Waals surface area (Å²) in [7, 11) is 1.73. The van der Waals surface area contributed by atoms with Crippen LogP contribution in [0.1, 0.15) is 19.3 Å². The third-order valence-electron chi connectivity index (χ3n) is 2.97. The number of hydrogen-bond acceptors (Lipinski definition) is 3. The van der Waals surface area contributed by atoms with E-state index in [1.54, 1.807) is 7.05 Å². The third-order valence-corrected chi connectivity index (χ3v) is 2.97. The van der Waals surface area contributed by atoms with Gasteiger partial charge in [0.05, 0.1) is 39.8 Å². The van der Waals surface area contributed by atoms with Crippen LogP contribution in [0.5, 0.6) is 0 Å². The Bertz CT molecular complexity index is 187. The number of quaternary nitrogens is 1. The van der Waals surface area contributed by atoms with Crippen LogP contribution in [0.3, 0.4) is 0 Å². The Balaban J connectivity index is 2.01. The van der Waals surface area contributed by atoms with Gasteiger partial charge in [0, 0.05) is 12.8 Å². The van der Waals surface area contributed by atoms with E-state index in [4.69, 9.17) is 9.47 Å². The Hall–Kier alpha value is -0.160. The number of ether oxygens (including phenoxy) is 2. The summed E-state index contributed by atoms with van der Waals surface area (Å²) in [4.78, 5) is 0. The second-order valence-electron chi connectivity index (χ2n) is 4.21. The topological polar surface area (TPSA) is 41.5 Å². The predicted molar refractivity (Wildman–Crippen MR) is 47.8 cm³/mol. The monoisotopic (exact) mass is 187 g/mol. The van der Waals surface area contributed by atoms with Crippen LogP contribution >= 0.6 is 0 Å². The van der Waals surface area contributed by atoms with E-state index in [2.05, 4.69) is 0 Å². The molecule has 0 aromatic rings. The summed E-state index contributed by atoms with van der Waals surface area (Å²) in [6, 6.07) is 0. The lowest BCUT2D eigenvalue weighted by atomic mass is 10.1. The van der Waals surface area contributed by atoms with Gasteiger partial charge in [-0.1, -0.05) is 0 Å². The van der Waals surface area contributed by atoms with Gasteiger partial charge in [-0.2, -0.15) is 0 Å². The molecule has 2 aliphatic rings. The Labute approximate surface area is 78.6 Å². The van der Waals surface area contributed by atoms with Crippen LogP contribution in [-0.4, -0.2) is 43.8 Å². The highest BCUT2D eigenvalue weighted by Gasteiger charge is 2.39. The summed E-state index contributed by atoms with van der Waals surface area (Å²) >= 11 is 0. The zero-order chi connectivity index (χ0) is 9.36. The molecule has 0 amide bonds. The van der Waals surface area contributed by atoms with E-state index < -0.39 is 5.79 Å². The molecule has 4 heteroatoms. The molecule has 0 aromatic carbocycles. The minimum absolute atomic E-state index is 0.144. The van der Waals surface area contributed by atoms with E-state index in [0.29, 0.717) is 26.3 Å². The summed E-state index contributed by atoms with van der Waals surface area (Å²) in [6.07, 6.45) is 2.52. The van der Waals surface area contributed by atoms with E-state index in [1.165, 1.54) is 0 Å². The van der Waals surface area contributed by atoms with Crippen LogP contribution in [0.15, 0.2) is 0 Å². The molecule has 2 fully saturated rings. The Morgan fingerprint density at radius 1 is 1.15 bits per heavy atom.